The lowest BCUT2D eigenvalue weighted by molar-refractivity contribution is 0.0182. The molecule has 0 amide bonds. The summed E-state index contributed by atoms with van der Waals surface area (Å²) in [6.45, 7) is 1.24. The number of nitrogens with zero attached hydrogens (tertiary/aromatic N) is 1. The Morgan fingerprint density at radius 2 is 2.17 bits per heavy atom. The van der Waals surface area contributed by atoms with E-state index in [-0.39, 0.29) is 30.3 Å². The lowest BCUT2D eigenvalue weighted by Gasteiger charge is -2.06. The maximum atomic E-state index is 11.8. The molecule has 0 aliphatic carbocycles. The minimum Gasteiger partial charge on any atom is -0.493 e. The Morgan fingerprint density at radius 3 is 2.72 bits per heavy atom. The number of aromatic nitrogens is 2. The molecule has 1 rings (SSSR count). The van der Waals surface area contributed by atoms with Crippen LogP contribution in [0.25, 0.3) is 0 Å². The van der Waals surface area contributed by atoms with Crippen LogP contribution in [0.3, 0.4) is 0 Å². The lowest BCUT2D eigenvalue weighted by atomic mass is 10.2. The van der Waals surface area contributed by atoms with Crippen molar-refractivity contribution in [1.29, 1.82) is 0 Å². The van der Waals surface area contributed by atoms with E-state index < -0.39 is 18.6 Å². The highest BCUT2D eigenvalue weighted by Gasteiger charge is 2.10. The number of aromatic hydroxyl groups is 1. The quantitative estimate of drug-likeness (QED) is 0.725. The topological polar surface area (TPSA) is 75.2 Å². The Kier molecular flexibility index (Phi) is 5.70. The maximum absolute atomic E-state index is 11.8. The molecule has 1 aromatic heterocycles. The van der Waals surface area contributed by atoms with Gasteiger partial charge in [-0.05, 0) is 6.42 Å². The average molecular weight is 262 g/mol. The Bertz CT molecular complexity index is 435. The predicted molar refractivity (Wildman–Crippen MR) is 61.0 cm³/mol. The lowest BCUT2D eigenvalue weighted by Crippen LogP contribution is -2.18. The number of aromatic amines is 1. The van der Waals surface area contributed by atoms with Crippen molar-refractivity contribution in [2.75, 3.05) is 13.2 Å². The highest BCUT2D eigenvalue weighted by molar-refractivity contribution is 5.22. The van der Waals surface area contributed by atoms with Crippen molar-refractivity contribution in [2.24, 2.45) is 0 Å². The molecule has 1 aromatic rings. The number of ether oxygens (including phenoxy) is 1. The van der Waals surface area contributed by atoms with Gasteiger partial charge in [0.1, 0.15) is 12.4 Å². The summed E-state index contributed by atoms with van der Waals surface area (Å²) < 4.78 is 28.2. The number of halogens is 2. The molecule has 0 radical (unpaired) electrons. The number of nitrogens with one attached hydrogen (secondary N) is 1. The fraction of sp³-hybridized carbons (Fsp3) is 0.636. The predicted octanol–water partition coefficient (Wildman–Crippen LogP) is 1.25. The first-order valence-corrected chi connectivity index (χ1v) is 5.71. The van der Waals surface area contributed by atoms with E-state index >= 15 is 0 Å². The molecule has 1 heterocycles. The fourth-order valence-electron chi connectivity index (χ4n) is 1.47. The minimum absolute atomic E-state index is 0.0137. The van der Waals surface area contributed by atoms with E-state index in [9.17, 15) is 18.7 Å². The van der Waals surface area contributed by atoms with Crippen LogP contribution in [0.15, 0.2) is 4.79 Å². The summed E-state index contributed by atoms with van der Waals surface area (Å²) in [7, 11) is 0. The molecule has 18 heavy (non-hydrogen) atoms. The molecule has 0 atom stereocenters. The van der Waals surface area contributed by atoms with Gasteiger partial charge in [0.25, 0.3) is 12.0 Å². The maximum Gasteiger partial charge on any atom is 0.261 e. The van der Waals surface area contributed by atoms with Gasteiger partial charge in [-0.25, -0.2) is 8.78 Å². The van der Waals surface area contributed by atoms with Gasteiger partial charge in [0.2, 0.25) is 5.88 Å². The molecule has 0 unspecified atom stereocenters. The summed E-state index contributed by atoms with van der Waals surface area (Å²) in [6.07, 6.45) is -1.19. The highest BCUT2D eigenvalue weighted by atomic mass is 19.3. The number of H-pyrrole nitrogens is 1. The first-order chi connectivity index (χ1) is 8.54. The van der Waals surface area contributed by atoms with Gasteiger partial charge in [-0.3, -0.25) is 4.79 Å². The molecule has 0 bridgehead atoms. The fourth-order valence-corrected chi connectivity index (χ4v) is 1.47. The van der Waals surface area contributed by atoms with E-state index in [2.05, 4.69) is 14.7 Å². The smallest absolute Gasteiger partial charge is 0.261 e. The summed E-state index contributed by atoms with van der Waals surface area (Å²) in [4.78, 5) is 17.9. The zero-order valence-electron chi connectivity index (χ0n) is 10.1. The van der Waals surface area contributed by atoms with Gasteiger partial charge in [0, 0.05) is 6.42 Å². The van der Waals surface area contributed by atoms with Crippen LogP contribution in [0, 0.1) is 0 Å². The zero-order chi connectivity index (χ0) is 13.5. The van der Waals surface area contributed by atoms with Gasteiger partial charge in [0.05, 0.1) is 12.2 Å². The summed E-state index contributed by atoms with van der Waals surface area (Å²) in [5.74, 6) is -0.0731. The second-order valence-corrected chi connectivity index (χ2v) is 3.78. The van der Waals surface area contributed by atoms with Gasteiger partial charge >= 0.3 is 0 Å². The number of rotatable bonds is 7. The van der Waals surface area contributed by atoms with E-state index in [4.69, 9.17) is 0 Å². The number of alkyl halides is 2. The summed E-state index contributed by atoms with van der Waals surface area (Å²) in [5, 5.41) is 9.56. The van der Waals surface area contributed by atoms with E-state index in [1.165, 1.54) is 0 Å². The van der Waals surface area contributed by atoms with Crippen LogP contribution in [0.1, 0.15) is 24.7 Å². The van der Waals surface area contributed by atoms with Crippen LogP contribution in [0.4, 0.5) is 8.78 Å². The molecule has 0 spiro atoms. The zero-order valence-corrected chi connectivity index (χ0v) is 10.1. The molecule has 0 fully saturated rings. The van der Waals surface area contributed by atoms with Gasteiger partial charge in [-0.2, -0.15) is 4.98 Å². The molecule has 0 saturated carbocycles. The Hall–Kier alpha value is -1.50. The van der Waals surface area contributed by atoms with Gasteiger partial charge in [-0.1, -0.05) is 13.3 Å². The van der Waals surface area contributed by atoms with Crippen LogP contribution in [-0.4, -0.2) is 34.7 Å². The monoisotopic (exact) mass is 262 g/mol. The normalized spacial score (nSPS) is 11.1. The first kappa shape index (κ1) is 14.6. The van der Waals surface area contributed by atoms with Crippen molar-refractivity contribution in [3.63, 3.8) is 0 Å². The first-order valence-electron chi connectivity index (χ1n) is 5.71. The van der Waals surface area contributed by atoms with Crippen molar-refractivity contribution in [2.45, 2.75) is 32.6 Å². The van der Waals surface area contributed by atoms with Crippen LogP contribution in [-0.2, 0) is 17.6 Å². The van der Waals surface area contributed by atoms with Crippen molar-refractivity contribution < 1.29 is 18.6 Å². The second-order valence-electron chi connectivity index (χ2n) is 3.78. The van der Waals surface area contributed by atoms with Crippen molar-refractivity contribution in [3.8, 4) is 5.88 Å². The third kappa shape index (κ3) is 4.40. The van der Waals surface area contributed by atoms with Crippen molar-refractivity contribution >= 4 is 0 Å². The van der Waals surface area contributed by atoms with Crippen LogP contribution in [0.2, 0.25) is 0 Å². The van der Waals surface area contributed by atoms with Crippen LogP contribution >= 0.6 is 0 Å². The SMILES string of the molecule is CCCc1c(O)nc(CCOCC(F)F)[nH]c1=O. The van der Waals surface area contributed by atoms with Crippen molar-refractivity contribution in [1.82, 2.24) is 9.97 Å². The largest absolute Gasteiger partial charge is 0.493 e. The number of hydrogen-bond acceptors (Lipinski definition) is 4. The molecule has 7 heteroatoms. The van der Waals surface area contributed by atoms with Crippen molar-refractivity contribution in [3.05, 3.63) is 21.7 Å². The van der Waals surface area contributed by atoms with Gasteiger partial charge < -0.3 is 14.8 Å². The van der Waals surface area contributed by atoms with Gasteiger partial charge in [0.15, 0.2) is 0 Å². The summed E-state index contributed by atoms with van der Waals surface area (Å²) in [6, 6.07) is 0. The third-order valence-electron chi connectivity index (χ3n) is 2.27. The Balaban J connectivity index is 2.60. The second kappa shape index (κ2) is 7.05. The van der Waals surface area contributed by atoms with E-state index in [0.29, 0.717) is 6.42 Å². The van der Waals surface area contributed by atoms with Crippen LogP contribution < -0.4 is 5.56 Å². The highest BCUT2D eigenvalue weighted by Crippen LogP contribution is 2.10. The van der Waals surface area contributed by atoms with E-state index in [0.717, 1.165) is 6.42 Å². The Labute approximate surface area is 103 Å². The van der Waals surface area contributed by atoms with Crippen LogP contribution in [0.5, 0.6) is 5.88 Å². The van der Waals surface area contributed by atoms with E-state index in [1.54, 1.807) is 0 Å². The molecule has 5 nitrogen and oxygen atoms in total. The number of hydrogen-bond donors (Lipinski definition) is 2. The summed E-state index contributed by atoms with van der Waals surface area (Å²) >= 11 is 0. The molecular formula is C11H16F2N2O3. The standard InChI is InChI=1S/C11H16F2N2O3/c1-2-3-7-10(16)14-9(15-11(7)17)4-5-18-6-8(12)13/h8H,2-6H2,1H3,(H2,14,15,16,17). The minimum atomic E-state index is -2.52. The molecule has 0 aliphatic rings. The summed E-state index contributed by atoms with van der Waals surface area (Å²) in [5.41, 5.74) is -0.150. The molecule has 2 N–H and O–H groups in total. The van der Waals surface area contributed by atoms with E-state index in [1.807, 2.05) is 6.92 Å². The van der Waals surface area contributed by atoms with Gasteiger partial charge in [-0.15, -0.1) is 0 Å². The molecule has 102 valence electrons. The average Bonchev–Trinajstić information content (AvgIpc) is 2.29. The third-order valence-corrected chi connectivity index (χ3v) is 2.27. The molecular weight excluding hydrogens is 246 g/mol. The Morgan fingerprint density at radius 1 is 1.44 bits per heavy atom. The molecule has 0 aliphatic heterocycles. The molecule has 0 saturated heterocycles. The molecule has 0 aromatic carbocycles.